The zero-order valence-corrected chi connectivity index (χ0v) is 23.6. The number of benzene rings is 1. The van der Waals surface area contributed by atoms with Crippen molar-refractivity contribution in [2.75, 3.05) is 25.5 Å². The van der Waals surface area contributed by atoms with Gasteiger partial charge in [0.2, 0.25) is 5.95 Å². The number of halogens is 3. The highest BCUT2D eigenvalue weighted by Gasteiger charge is 2.38. The summed E-state index contributed by atoms with van der Waals surface area (Å²) < 4.78 is 41.1. The molecule has 3 aromatic heterocycles. The van der Waals surface area contributed by atoms with Crippen molar-refractivity contribution in [3.05, 3.63) is 36.2 Å². The van der Waals surface area contributed by atoms with Gasteiger partial charge in [0.25, 0.3) is 5.92 Å². The van der Waals surface area contributed by atoms with E-state index in [4.69, 9.17) is 13.6 Å². The lowest BCUT2D eigenvalue weighted by Crippen LogP contribution is -2.51. The normalized spacial score (nSPS) is 17.6. The summed E-state index contributed by atoms with van der Waals surface area (Å²) in [5.74, 6) is -2.30. The predicted octanol–water partition coefficient (Wildman–Crippen LogP) is 4.57. The Morgan fingerprint density at radius 1 is 1.18 bits per heavy atom. The average molecular weight is 558 g/mol. The smallest absolute Gasteiger partial charge is 0.260 e. The van der Waals surface area contributed by atoms with Gasteiger partial charge in [-0.15, -0.1) is 10.2 Å². The van der Waals surface area contributed by atoms with Crippen molar-refractivity contribution in [1.82, 2.24) is 34.5 Å². The number of piperidine rings is 1. The van der Waals surface area contributed by atoms with Crippen molar-refractivity contribution in [3.63, 3.8) is 0 Å². The lowest BCUT2D eigenvalue weighted by atomic mass is 9.83. The summed E-state index contributed by atoms with van der Waals surface area (Å²) in [6, 6.07) is 7.67. The van der Waals surface area contributed by atoms with Crippen molar-refractivity contribution in [3.8, 4) is 11.1 Å². The van der Waals surface area contributed by atoms with Crippen LogP contribution in [0.4, 0.5) is 19.1 Å². The average Bonchev–Trinajstić information content (AvgIpc) is 3.41. The summed E-state index contributed by atoms with van der Waals surface area (Å²) in [6.07, 6.45) is 2.90. The first-order valence-electron chi connectivity index (χ1n) is 12.8. The fourth-order valence-electron chi connectivity index (χ4n) is 4.73. The van der Waals surface area contributed by atoms with Crippen molar-refractivity contribution in [2.24, 2.45) is 0 Å². The molecule has 0 saturated carbocycles. The number of likely N-dealkylation sites (tertiary alicyclic amines) is 1. The molecule has 0 aliphatic carbocycles. The Balaban J connectivity index is 0.000000247. The Morgan fingerprint density at radius 2 is 1.92 bits per heavy atom. The van der Waals surface area contributed by atoms with Gasteiger partial charge in [0, 0.05) is 23.7 Å². The standard InChI is InChI=1S/C17H17BFN7S.C9H17F2N/c1-17(18,27)9-13-15-11(4-6-26(15)23-16(20)21-13)10-2-3-12-14(8-10)25(7-5-19)24-22-12;1-8(2,3)12-6-4-5-9(10,11)7-12/h2-4,6,8,27H,5,7,9H2,1H3,(H2,20,23);4-7H2,1-3H3. The molecular weight excluding hydrogens is 524 g/mol. The maximum Gasteiger partial charge on any atom is 0.260 e. The topological polar surface area (TPSA) is 90.2 Å². The Hall–Kier alpha value is -2.80. The third kappa shape index (κ3) is 7.05. The van der Waals surface area contributed by atoms with Crippen LogP contribution in [0.15, 0.2) is 30.5 Å². The number of rotatable bonds is 5. The van der Waals surface area contributed by atoms with Crippen LogP contribution < -0.4 is 5.73 Å². The SMILES string of the molecule is CC(C)(C)N1CCCC(F)(F)C1.[B]C(C)(S)Cc1nc(N)nn2ccc(-c3ccc4nnn(CCF)c4c3)c12. The molecule has 1 atom stereocenters. The van der Waals surface area contributed by atoms with Crippen LogP contribution in [0.2, 0.25) is 0 Å². The minimum Gasteiger partial charge on any atom is -0.367 e. The predicted molar refractivity (Wildman–Crippen MR) is 152 cm³/mol. The van der Waals surface area contributed by atoms with Crippen LogP contribution in [0.1, 0.15) is 46.2 Å². The molecule has 1 aromatic carbocycles. The van der Waals surface area contributed by atoms with E-state index in [1.807, 2.05) is 56.1 Å². The highest BCUT2D eigenvalue weighted by atomic mass is 32.1. The Kier molecular flexibility index (Phi) is 8.23. The zero-order chi connectivity index (χ0) is 28.6. The van der Waals surface area contributed by atoms with Gasteiger partial charge < -0.3 is 5.73 Å². The van der Waals surface area contributed by atoms with Gasteiger partial charge in [0.15, 0.2) is 0 Å². The maximum atomic E-state index is 12.9. The van der Waals surface area contributed by atoms with Crippen LogP contribution in [0, 0.1) is 0 Å². The molecule has 13 heteroatoms. The van der Waals surface area contributed by atoms with Gasteiger partial charge in [0.1, 0.15) is 12.2 Å². The number of anilines is 1. The monoisotopic (exact) mass is 558 g/mol. The summed E-state index contributed by atoms with van der Waals surface area (Å²) in [6.45, 7) is 8.13. The molecule has 39 heavy (non-hydrogen) atoms. The van der Waals surface area contributed by atoms with E-state index in [1.54, 1.807) is 16.1 Å². The molecule has 8 nitrogen and oxygen atoms in total. The third-order valence-corrected chi connectivity index (χ3v) is 6.75. The van der Waals surface area contributed by atoms with E-state index >= 15 is 0 Å². The van der Waals surface area contributed by atoms with Crippen LogP contribution in [-0.2, 0) is 13.0 Å². The van der Waals surface area contributed by atoms with Crippen molar-refractivity contribution in [2.45, 2.75) is 69.6 Å². The zero-order valence-electron chi connectivity index (χ0n) is 22.7. The first-order valence-corrected chi connectivity index (χ1v) is 13.3. The number of nitrogens with zero attached hydrogens (tertiary/aromatic N) is 7. The van der Waals surface area contributed by atoms with Crippen molar-refractivity contribution in [1.29, 1.82) is 0 Å². The van der Waals surface area contributed by atoms with E-state index in [9.17, 15) is 13.2 Å². The van der Waals surface area contributed by atoms with Gasteiger partial charge in [0.05, 0.1) is 37.7 Å². The minimum absolute atomic E-state index is 0.0551. The molecule has 5 rings (SSSR count). The fraction of sp³-hybridized carbons (Fsp3) is 0.538. The van der Waals surface area contributed by atoms with E-state index in [0.717, 1.165) is 28.7 Å². The molecule has 0 bridgehead atoms. The number of hydrogen-bond acceptors (Lipinski definition) is 7. The first-order chi connectivity index (χ1) is 18.2. The van der Waals surface area contributed by atoms with Crippen LogP contribution in [0.25, 0.3) is 27.7 Å². The molecule has 1 saturated heterocycles. The first kappa shape index (κ1) is 29.2. The molecule has 4 heterocycles. The molecule has 1 fully saturated rings. The number of thiol groups is 1. The Labute approximate surface area is 233 Å². The molecule has 1 aliphatic rings. The Morgan fingerprint density at radius 3 is 2.54 bits per heavy atom. The van der Waals surface area contributed by atoms with E-state index in [0.29, 0.717) is 24.1 Å². The second-order valence-corrected chi connectivity index (χ2v) is 12.3. The summed E-state index contributed by atoms with van der Waals surface area (Å²) in [5.41, 5.74) is 10.5. The van der Waals surface area contributed by atoms with Gasteiger partial charge in [-0.3, -0.25) is 4.90 Å². The van der Waals surface area contributed by atoms with Crippen LogP contribution >= 0.6 is 12.6 Å². The number of nitrogen functional groups attached to an aromatic ring is 1. The molecule has 4 aromatic rings. The summed E-state index contributed by atoms with van der Waals surface area (Å²) in [4.78, 5) is 6.24. The van der Waals surface area contributed by atoms with Crippen molar-refractivity contribution >= 4 is 43.0 Å². The van der Waals surface area contributed by atoms with Gasteiger partial charge in [-0.2, -0.15) is 12.6 Å². The summed E-state index contributed by atoms with van der Waals surface area (Å²) in [5, 5.41) is 12.3. The second kappa shape index (κ2) is 11.0. The lowest BCUT2D eigenvalue weighted by molar-refractivity contribution is -0.0861. The van der Waals surface area contributed by atoms with Crippen molar-refractivity contribution < 1.29 is 13.2 Å². The highest BCUT2D eigenvalue weighted by Crippen LogP contribution is 2.32. The molecule has 208 valence electrons. The third-order valence-electron chi connectivity index (χ3n) is 6.59. The quantitative estimate of drug-likeness (QED) is 0.276. The number of aryl methyl sites for hydroxylation is 1. The van der Waals surface area contributed by atoms with Crippen LogP contribution in [0.3, 0.4) is 0 Å². The highest BCUT2D eigenvalue weighted by molar-refractivity contribution is 7.83. The number of aromatic nitrogens is 6. The molecule has 1 unspecified atom stereocenters. The van der Waals surface area contributed by atoms with Crippen LogP contribution in [0.5, 0.6) is 0 Å². The number of nitrogens with two attached hydrogens (primary N) is 1. The fourth-order valence-corrected chi connectivity index (χ4v) is 4.88. The molecule has 2 N–H and O–H groups in total. The molecule has 1 aliphatic heterocycles. The molecule has 0 spiro atoms. The number of fused-ring (bicyclic) bond motifs is 2. The van der Waals surface area contributed by atoms with Gasteiger partial charge >= 0.3 is 0 Å². The maximum absolute atomic E-state index is 12.9. The van der Waals surface area contributed by atoms with Gasteiger partial charge in [-0.05, 0) is 68.6 Å². The van der Waals surface area contributed by atoms with Gasteiger partial charge in [-0.25, -0.2) is 27.4 Å². The molecule has 0 amide bonds. The number of alkyl halides is 3. The molecular formula is C26H34BF3N8S. The Bertz CT molecular complexity index is 1440. The van der Waals surface area contributed by atoms with E-state index in [1.165, 1.54) is 0 Å². The lowest BCUT2D eigenvalue weighted by Gasteiger charge is -2.41. The number of hydrogen-bond donors (Lipinski definition) is 2. The largest absolute Gasteiger partial charge is 0.367 e. The van der Waals surface area contributed by atoms with Crippen LogP contribution in [-0.4, -0.2) is 78.2 Å². The van der Waals surface area contributed by atoms with E-state index in [-0.39, 0.29) is 31.0 Å². The summed E-state index contributed by atoms with van der Waals surface area (Å²) >= 11 is 4.42. The van der Waals surface area contributed by atoms with E-state index in [2.05, 4.69) is 33.0 Å². The molecule has 2 radical (unpaired) electrons. The minimum atomic E-state index is -2.47. The second-order valence-electron chi connectivity index (χ2n) is 11.2. The van der Waals surface area contributed by atoms with E-state index < -0.39 is 17.2 Å². The van der Waals surface area contributed by atoms with Gasteiger partial charge in [-0.1, -0.05) is 18.2 Å². The summed E-state index contributed by atoms with van der Waals surface area (Å²) in [7, 11) is 6.08.